The van der Waals surface area contributed by atoms with Crippen LogP contribution in [0.2, 0.25) is 0 Å². The number of benzene rings is 2. The molecule has 3 aromatic rings. The van der Waals surface area contributed by atoms with Gasteiger partial charge in [0.2, 0.25) is 5.91 Å². The van der Waals surface area contributed by atoms with Crippen molar-refractivity contribution in [3.63, 3.8) is 0 Å². The number of rotatable bonds is 7. The lowest BCUT2D eigenvalue weighted by atomic mass is 10.1. The number of nitrogens with one attached hydrogen (secondary N) is 1. The van der Waals surface area contributed by atoms with Gasteiger partial charge in [0.25, 0.3) is 5.56 Å². The number of nitrogens with zero attached hydrogens (tertiary/aromatic N) is 2. The first-order chi connectivity index (χ1) is 15.1. The molecule has 0 radical (unpaired) electrons. The molecule has 6 nitrogen and oxygen atoms in total. The molecule has 4 rings (SSSR count). The van der Waals surface area contributed by atoms with Crippen molar-refractivity contribution in [1.82, 2.24) is 14.9 Å². The lowest BCUT2D eigenvalue weighted by Gasteiger charge is -2.19. The molecular weight excluding hydrogens is 410 g/mol. The van der Waals surface area contributed by atoms with Crippen molar-refractivity contribution in [1.29, 1.82) is 0 Å². The first-order valence-electron chi connectivity index (χ1n) is 10.6. The van der Waals surface area contributed by atoms with Crippen molar-refractivity contribution < 1.29 is 9.53 Å². The van der Waals surface area contributed by atoms with Gasteiger partial charge in [-0.15, -0.1) is 0 Å². The first-order valence-corrected chi connectivity index (χ1v) is 11.6. The molecule has 1 aromatic heterocycles. The Bertz CT molecular complexity index is 1140. The maximum Gasteiger partial charge on any atom is 0.262 e. The number of ether oxygens (including phenoxy) is 1. The molecule has 1 aliphatic carbocycles. The maximum absolute atomic E-state index is 13.2. The molecule has 1 amide bonds. The molecule has 1 atom stereocenters. The van der Waals surface area contributed by atoms with Gasteiger partial charge in [-0.05, 0) is 38.0 Å². The monoisotopic (exact) mass is 437 g/mol. The Balaban J connectivity index is 1.53. The van der Waals surface area contributed by atoms with E-state index in [1.165, 1.54) is 11.8 Å². The molecular formula is C24H27N3O3S. The van der Waals surface area contributed by atoms with Crippen LogP contribution in [-0.2, 0) is 4.79 Å². The van der Waals surface area contributed by atoms with Crippen LogP contribution in [0, 0.1) is 0 Å². The highest BCUT2D eigenvalue weighted by Crippen LogP contribution is 2.32. The minimum absolute atomic E-state index is 0.0113. The summed E-state index contributed by atoms with van der Waals surface area (Å²) in [5.41, 5.74) is 1.59. The number of thioether (sulfide) groups is 1. The highest BCUT2D eigenvalue weighted by Gasteiger charge is 2.23. The Hall–Kier alpha value is -2.80. The molecule has 0 bridgehead atoms. The predicted molar refractivity (Wildman–Crippen MR) is 124 cm³/mol. The van der Waals surface area contributed by atoms with E-state index in [4.69, 9.17) is 9.72 Å². The van der Waals surface area contributed by atoms with Crippen LogP contribution in [0.3, 0.4) is 0 Å². The van der Waals surface area contributed by atoms with Gasteiger partial charge < -0.3 is 10.1 Å². The molecule has 1 aliphatic rings. The van der Waals surface area contributed by atoms with Crippen LogP contribution in [0.4, 0.5) is 0 Å². The van der Waals surface area contributed by atoms with E-state index >= 15 is 0 Å². The Kier molecular flexibility index (Phi) is 6.61. The number of fused-ring (bicyclic) bond motifs is 1. The smallest absolute Gasteiger partial charge is 0.262 e. The highest BCUT2D eigenvalue weighted by atomic mass is 32.2. The molecule has 1 saturated carbocycles. The van der Waals surface area contributed by atoms with Gasteiger partial charge in [0.15, 0.2) is 5.16 Å². The third kappa shape index (κ3) is 4.61. The Morgan fingerprint density at radius 2 is 1.90 bits per heavy atom. The summed E-state index contributed by atoms with van der Waals surface area (Å²) in [7, 11) is 1.62. The third-order valence-electron chi connectivity index (χ3n) is 5.78. The van der Waals surface area contributed by atoms with Crippen molar-refractivity contribution in [3.8, 4) is 5.75 Å². The van der Waals surface area contributed by atoms with Gasteiger partial charge in [-0.3, -0.25) is 14.2 Å². The molecule has 31 heavy (non-hydrogen) atoms. The minimum Gasteiger partial charge on any atom is -0.496 e. The van der Waals surface area contributed by atoms with E-state index in [1.54, 1.807) is 7.11 Å². The summed E-state index contributed by atoms with van der Waals surface area (Å²) in [4.78, 5) is 30.6. The Morgan fingerprint density at radius 1 is 1.19 bits per heavy atom. The summed E-state index contributed by atoms with van der Waals surface area (Å²) in [5.74, 6) is 0.829. The van der Waals surface area contributed by atoms with E-state index in [2.05, 4.69) is 5.32 Å². The van der Waals surface area contributed by atoms with Gasteiger partial charge in [0.05, 0.1) is 29.8 Å². The average molecular weight is 438 g/mol. The second kappa shape index (κ2) is 9.56. The molecule has 7 heteroatoms. The van der Waals surface area contributed by atoms with E-state index in [-0.39, 0.29) is 29.3 Å². The minimum atomic E-state index is -0.189. The highest BCUT2D eigenvalue weighted by molar-refractivity contribution is 7.99. The van der Waals surface area contributed by atoms with Crippen LogP contribution in [0.1, 0.15) is 50.3 Å². The predicted octanol–water partition coefficient (Wildman–Crippen LogP) is 4.49. The first kappa shape index (κ1) is 21.4. The second-order valence-electron chi connectivity index (χ2n) is 7.84. The van der Waals surface area contributed by atoms with Crippen molar-refractivity contribution in [2.45, 2.75) is 49.8 Å². The lowest BCUT2D eigenvalue weighted by molar-refractivity contribution is -0.119. The Morgan fingerprint density at radius 3 is 2.68 bits per heavy atom. The molecule has 162 valence electrons. The number of para-hydroxylation sites is 2. The molecule has 2 aromatic carbocycles. The van der Waals surface area contributed by atoms with E-state index in [9.17, 15) is 9.59 Å². The number of hydrogen-bond donors (Lipinski definition) is 1. The van der Waals surface area contributed by atoms with E-state index in [0.717, 1.165) is 37.0 Å². The molecule has 0 aliphatic heterocycles. The van der Waals surface area contributed by atoms with Crippen LogP contribution in [0.25, 0.3) is 10.9 Å². The van der Waals surface area contributed by atoms with Crippen LogP contribution >= 0.6 is 11.8 Å². The number of amides is 1. The molecule has 1 fully saturated rings. The van der Waals surface area contributed by atoms with E-state index < -0.39 is 0 Å². The van der Waals surface area contributed by atoms with Gasteiger partial charge >= 0.3 is 0 Å². The summed E-state index contributed by atoms with van der Waals surface area (Å²) < 4.78 is 7.22. The number of carbonyl (C=O) groups excluding carboxylic acids is 1. The SMILES string of the molecule is COc1ccccc1C(C)NC(=O)CSc1nc2ccccc2c(=O)n1C1CCCC1. The van der Waals surface area contributed by atoms with Crippen LogP contribution in [0.5, 0.6) is 5.75 Å². The zero-order valence-electron chi connectivity index (χ0n) is 17.8. The van der Waals surface area contributed by atoms with Gasteiger partial charge in [-0.2, -0.15) is 0 Å². The summed E-state index contributed by atoms with van der Waals surface area (Å²) >= 11 is 1.33. The molecule has 1 N–H and O–H groups in total. The standard InChI is InChI=1S/C24H27N3O3S/c1-16(18-11-6-8-14-21(18)30-2)25-22(28)15-31-24-26-20-13-7-5-12-19(20)23(29)27(24)17-9-3-4-10-17/h5-8,11-14,16-17H,3-4,9-10,15H2,1-2H3,(H,25,28). The van der Waals surface area contributed by atoms with Gasteiger partial charge in [0, 0.05) is 11.6 Å². The molecule has 1 unspecified atom stereocenters. The number of methoxy groups -OCH3 is 1. The summed E-state index contributed by atoms with van der Waals surface area (Å²) in [6.07, 6.45) is 4.19. The fourth-order valence-corrected chi connectivity index (χ4v) is 5.10. The van der Waals surface area contributed by atoms with Crippen molar-refractivity contribution in [2.24, 2.45) is 0 Å². The van der Waals surface area contributed by atoms with Crippen LogP contribution < -0.4 is 15.6 Å². The largest absolute Gasteiger partial charge is 0.496 e. The molecule has 1 heterocycles. The average Bonchev–Trinajstić information content (AvgIpc) is 3.32. The van der Waals surface area contributed by atoms with E-state index in [0.29, 0.717) is 16.1 Å². The topological polar surface area (TPSA) is 73.2 Å². The Labute approximate surface area is 186 Å². The van der Waals surface area contributed by atoms with Crippen LogP contribution in [0.15, 0.2) is 58.5 Å². The normalized spacial score (nSPS) is 15.2. The van der Waals surface area contributed by atoms with Crippen molar-refractivity contribution >= 4 is 28.6 Å². The number of aromatic nitrogens is 2. The molecule has 0 saturated heterocycles. The van der Waals surface area contributed by atoms with Gasteiger partial charge in [-0.25, -0.2) is 4.98 Å². The lowest BCUT2D eigenvalue weighted by Crippen LogP contribution is -2.30. The van der Waals surface area contributed by atoms with Gasteiger partial charge in [0.1, 0.15) is 5.75 Å². The van der Waals surface area contributed by atoms with Crippen molar-refractivity contribution in [2.75, 3.05) is 12.9 Å². The maximum atomic E-state index is 13.2. The number of carbonyl (C=O) groups is 1. The third-order valence-corrected chi connectivity index (χ3v) is 6.73. The molecule has 0 spiro atoms. The fourth-order valence-electron chi connectivity index (χ4n) is 4.23. The van der Waals surface area contributed by atoms with E-state index in [1.807, 2.05) is 60.0 Å². The van der Waals surface area contributed by atoms with Gasteiger partial charge in [-0.1, -0.05) is 54.9 Å². The zero-order valence-corrected chi connectivity index (χ0v) is 18.7. The quantitative estimate of drug-likeness (QED) is 0.436. The fraction of sp³-hybridized carbons (Fsp3) is 0.375. The zero-order chi connectivity index (χ0) is 21.8. The summed E-state index contributed by atoms with van der Waals surface area (Å²) in [6, 6.07) is 15.0. The summed E-state index contributed by atoms with van der Waals surface area (Å²) in [6.45, 7) is 1.93. The second-order valence-corrected chi connectivity index (χ2v) is 8.79. The number of hydrogen-bond acceptors (Lipinski definition) is 5. The van der Waals surface area contributed by atoms with Crippen molar-refractivity contribution in [3.05, 3.63) is 64.4 Å². The van der Waals surface area contributed by atoms with Crippen LogP contribution in [-0.4, -0.2) is 28.3 Å². The summed E-state index contributed by atoms with van der Waals surface area (Å²) in [5, 5.41) is 4.28.